The van der Waals surface area contributed by atoms with E-state index in [1.807, 2.05) is 39.2 Å². The van der Waals surface area contributed by atoms with Crippen molar-refractivity contribution < 1.29 is 27.9 Å². The number of amides is 1. The normalized spacial score (nSPS) is 13.4. The highest BCUT2D eigenvalue weighted by Gasteiger charge is 2.38. The number of pyridine rings is 1. The molecular formula is C22H29F3N6O3. The third kappa shape index (κ3) is 7.29. The summed E-state index contributed by atoms with van der Waals surface area (Å²) < 4.78 is 31.7. The minimum absolute atomic E-state index is 0.0311. The van der Waals surface area contributed by atoms with E-state index in [-0.39, 0.29) is 11.9 Å². The van der Waals surface area contributed by atoms with Crippen molar-refractivity contribution >= 4 is 23.6 Å². The van der Waals surface area contributed by atoms with Gasteiger partial charge in [0.1, 0.15) is 5.82 Å². The van der Waals surface area contributed by atoms with E-state index in [1.54, 1.807) is 19.0 Å². The highest BCUT2D eigenvalue weighted by atomic mass is 19.4. The topological polar surface area (TPSA) is 112 Å². The monoisotopic (exact) mass is 482 g/mol. The molecule has 9 nitrogen and oxygen atoms in total. The first kappa shape index (κ1) is 26.8. The molecule has 186 valence electrons. The summed E-state index contributed by atoms with van der Waals surface area (Å²) in [6.07, 6.45) is 0.222. The Kier molecular flexibility index (Phi) is 8.77. The fraction of sp³-hybridized carbons (Fsp3) is 0.500. The van der Waals surface area contributed by atoms with Gasteiger partial charge in [-0.3, -0.25) is 4.79 Å². The molecule has 0 aromatic carbocycles. The lowest BCUT2D eigenvalue weighted by Gasteiger charge is -2.19. The van der Waals surface area contributed by atoms with Crippen molar-refractivity contribution in [2.24, 2.45) is 0 Å². The maximum Gasteiger partial charge on any atom is 0.490 e. The first-order valence-electron chi connectivity index (χ1n) is 10.6. The second kappa shape index (κ2) is 11.1. The van der Waals surface area contributed by atoms with Crippen LogP contribution in [0.25, 0.3) is 0 Å². The van der Waals surface area contributed by atoms with Crippen LogP contribution in [0.4, 0.5) is 24.9 Å². The van der Waals surface area contributed by atoms with Gasteiger partial charge in [0, 0.05) is 57.7 Å². The average Bonchev–Trinajstić information content (AvgIpc) is 2.94. The van der Waals surface area contributed by atoms with Crippen LogP contribution in [-0.4, -0.2) is 76.2 Å². The molecule has 2 aromatic rings. The van der Waals surface area contributed by atoms with E-state index in [0.717, 1.165) is 48.7 Å². The number of aryl methyl sites for hydroxylation is 1. The maximum atomic E-state index is 12.7. The summed E-state index contributed by atoms with van der Waals surface area (Å²) >= 11 is 0. The number of carboxylic acids is 1. The lowest BCUT2D eigenvalue weighted by atomic mass is 10.0. The van der Waals surface area contributed by atoms with E-state index in [2.05, 4.69) is 20.2 Å². The van der Waals surface area contributed by atoms with Gasteiger partial charge in [0.15, 0.2) is 0 Å². The molecule has 0 radical (unpaired) electrons. The van der Waals surface area contributed by atoms with E-state index in [1.165, 1.54) is 0 Å². The van der Waals surface area contributed by atoms with Crippen LogP contribution < -0.4 is 10.2 Å². The molecule has 1 aliphatic heterocycles. The number of aliphatic carboxylic acids is 1. The second-order valence-electron chi connectivity index (χ2n) is 8.34. The Hall–Kier alpha value is -3.44. The fourth-order valence-electron chi connectivity index (χ4n) is 3.17. The SMILES string of the molecule is Cc1cnc(N2CCc3cc(C(=O)N(C)C)c(NC(C)C)nc3CC2)nc1.O=C(O)C(F)(F)F. The number of fused-ring (bicyclic) bond motifs is 1. The third-order valence-electron chi connectivity index (χ3n) is 4.82. The summed E-state index contributed by atoms with van der Waals surface area (Å²) in [6, 6.07) is 2.21. The van der Waals surface area contributed by atoms with Crippen molar-refractivity contribution in [3.63, 3.8) is 0 Å². The maximum absolute atomic E-state index is 12.7. The van der Waals surface area contributed by atoms with Crippen LogP contribution in [0.1, 0.15) is 41.0 Å². The number of nitrogens with one attached hydrogen (secondary N) is 1. The highest BCUT2D eigenvalue weighted by Crippen LogP contribution is 2.24. The van der Waals surface area contributed by atoms with E-state index in [4.69, 9.17) is 14.9 Å². The molecule has 0 unspecified atom stereocenters. The van der Waals surface area contributed by atoms with Gasteiger partial charge in [0.05, 0.1) is 5.56 Å². The largest absolute Gasteiger partial charge is 0.490 e. The number of alkyl halides is 3. The van der Waals surface area contributed by atoms with Gasteiger partial charge in [0.25, 0.3) is 5.91 Å². The summed E-state index contributed by atoms with van der Waals surface area (Å²) in [5.41, 5.74) is 3.86. The zero-order chi connectivity index (χ0) is 25.6. The molecular weight excluding hydrogens is 453 g/mol. The van der Waals surface area contributed by atoms with E-state index in [0.29, 0.717) is 11.4 Å². The van der Waals surface area contributed by atoms with E-state index >= 15 is 0 Å². The van der Waals surface area contributed by atoms with Crippen LogP contribution >= 0.6 is 0 Å². The van der Waals surface area contributed by atoms with Crippen molar-refractivity contribution in [2.75, 3.05) is 37.4 Å². The molecule has 0 saturated heterocycles. The fourth-order valence-corrected chi connectivity index (χ4v) is 3.17. The van der Waals surface area contributed by atoms with Gasteiger partial charge in [-0.15, -0.1) is 0 Å². The Bertz CT molecular complexity index is 1010. The number of rotatable bonds is 4. The van der Waals surface area contributed by atoms with Gasteiger partial charge < -0.3 is 20.2 Å². The third-order valence-corrected chi connectivity index (χ3v) is 4.82. The smallest absolute Gasteiger partial charge is 0.475 e. The Labute approximate surface area is 196 Å². The minimum atomic E-state index is -5.08. The lowest BCUT2D eigenvalue weighted by molar-refractivity contribution is -0.192. The molecule has 0 aliphatic carbocycles. The molecule has 3 heterocycles. The molecule has 2 N–H and O–H groups in total. The van der Waals surface area contributed by atoms with Gasteiger partial charge in [0.2, 0.25) is 5.95 Å². The van der Waals surface area contributed by atoms with E-state index in [9.17, 15) is 18.0 Å². The zero-order valence-corrected chi connectivity index (χ0v) is 19.8. The molecule has 0 spiro atoms. The van der Waals surface area contributed by atoms with Gasteiger partial charge in [-0.1, -0.05) is 0 Å². The molecule has 1 amide bonds. The summed E-state index contributed by atoms with van der Waals surface area (Å²) in [4.78, 5) is 39.1. The Morgan fingerprint density at radius 2 is 1.71 bits per heavy atom. The number of aromatic nitrogens is 3. The van der Waals surface area contributed by atoms with Crippen molar-refractivity contribution in [2.45, 2.75) is 45.8 Å². The number of anilines is 2. The minimum Gasteiger partial charge on any atom is -0.475 e. The molecule has 1 aliphatic rings. The molecule has 0 atom stereocenters. The van der Waals surface area contributed by atoms with Crippen molar-refractivity contribution in [3.8, 4) is 0 Å². The molecule has 2 aromatic heterocycles. The zero-order valence-electron chi connectivity index (χ0n) is 19.8. The van der Waals surface area contributed by atoms with Crippen LogP contribution in [0, 0.1) is 6.92 Å². The summed E-state index contributed by atoms with van der Waals surface area (Å²) in [5.74, 6) is -1.37. The standard InChI is InChI=1S/C20H28N6O.C2HF3O2/c1-13(2)23-18-16(19(27)25(4)5)10-15-6-8-26(9-7-17(15)24-18)20-21-11-14(3)12-22-20;3-2(4,5)1(6)7/h10-13H,6-9H2,1-5H3,(H,23,24);(H,6,7). The van der Waals surface area contributed by atoms with Crippen molar-refractivity contribution in [1.29, 1.82) is 0 Å². The van der Waals surface area contributed by atoms with Crippen molar-refractivity contribution in [1.82, 2.24) is 19.9 Å². The lowest BCUT2D eigenvalue weighted by Crippen LogP contribution is -2.27. The van der Waals surface area contributed by atoms with Crippen LogP contribution in [0.3, 0.4) is 0 Å². The van der Waals surface area contributed by atoms with E-state index < -0.39 is 12.1 Å². The predicted octanol–water partition coefficient (Wildman–Crippen LogP) is 2.94. The molecule has 0 fully saturated rings. The van der Waals surface area contributed by atoms with Crippen molar-refractivity contribution in [3.05, 3.63) is 40.8 Å². The number of carboxylic acid groups (broad SMARTS) is 1. The summed E-state index contributed by atoms with van der Waals surface area (Å²) in [6.45, 7) is 7.70. The number of carbonyl (C=O) groups excluding carboxylic acids is 1. The molecule has 12 heteroatoms. The summed E-state index contributed by atoms with van der Waals surface area (Å²) in [7, 11) is 3.53. The number of hydrogen-bond donors (Lipinski definition) is 2. The quantitative estimate of drug-likeness (QED) is 0.684. The number of halogens is 3. The first-order valence-corrected chi connectivity index (χ1v) is 10.6. The summed E-state index contributed by atoms with van der Waals surface area (Å²) in [5, 5.41) is 10.5. The second-order valence-corrected chi connectivity index (χ2v) is 8.34. The molecule has 0 bridgehead atoms. The van der Waals surface area contributed by atoms with Crippen LogP contribution in [0.15, 0.2) is 18.5 Å². The Morgan fingerprint density at radius 3 is 2.21 bits per heavy atom. The van der Waals surface area contributed by atoms with Gasteiger partial charge in [-0.25, -0.2) is 19.7 Å². The molecule has 0 saturated carbocycles. The number of nitrogens with zero attached hydrogens (tertiary/aromatic N) is 5. The Balaban J connectivity index is 0.000000509. The van der Waals surface area contributed by atoms with Gasteiger partial charge in [-0.05, 0) is 44.4 Å². The van der Waals surface area contributed by atoms with Crippen LogP contribution in [0.5, 0.6) is 0 Å². The molecule has 3 rings (SSSR count). The molecule has 34 heavy (non-hydrogen) atoms. The van der Waals surface area contributed by atoms with Gasteiger partial charge in [-0.2, -0.15) is 13.2 Å². The first-order chi connectivity index (χ1) is 15.8. The highest BCUT2D eigenvalue weighted by molar-refractivity contribution is 5.98. The predicted molar refractivity (Wildman–Crippen MR) is 121 cm³/mol. The van der Waals surface area contributed by atoms with Crippen LogP contribution in [-0.2, 0) is 17.6 Å². The average molecular weight is 483 g/mol. The number of carbonyl (C=O) groups is 2. The van der Waals surface area contributed by atoms with Crippen LogP contribution in [0.2, 0.25) is 0 Å². The number of hydrogen-bond acceptors (Lipinski definition) is 7. The Morgan fingerprint density at radius 1 is 1.15 bits per heavy atom. The van der Waals surface area contributed by atoms with Gasteiger partial charge >= 0.3 is 12.1 Å².